The molecule has 0 fully saturated rings. The van der Waals surface area contributed by atoms with Gasteiger partial charge >= 0.3 is 0 Å². The van der Waals surface area contributed by atoms with Crippen molar-refractivity contribution in [3.05, 3.63) is 42.5 Å². The Morgan fingerprint density at radius 3 is 2.50 bits per heavy atom. The van der Waals surface area contributed by atoms with Crippen LogP contribution in [0.15, 0.2) is 41.8 Å². The Kier molecular flexibility index (Phi) is 3.77. The number of aryl methyl sites for hydroxylation is 1. The number of ketones is 1. The molecule has 0 aliphatic carbocycles. The van der Waals surface area contributed by atoms with E-state index >= 15 is 0 Å². The topological polar surface area (TPSA) is 34.1 Å². The molecular formula is C11H12O2S. The van der Waals surface area contributed by atoms with Crippen molar-refractivity contribution in [2.45, 2.75) is 11.8 Å². The molecule has 0 aliphatic rings. The van der Waals surface area contributed by atoms with Crippen molar-refractivity contribution in [3.8, 4) is 0 Å². The summed E-state index contributed by atoms with van der Waals surface area (Å²) in [4.78, 5) is 11.6. The fourth-order valence-electron chi connectivity index (χ4n) is 0.962. The highest BCUT2D eigenvalue weighted by Crippen LogP contribution is 2.08. The van der Waals surface area contributed by atoms with E-state index in [1.54, 1.807) is 12.1 Å². The van der Waals surface area contributed by atoms with E-state index in [0.717, 1.165) is 5.56 Å². The number of rotatable bonds is 4. The van der Waals surface area contributed by atoms with Crippen molar-refractivity contribution in [2.75, 3.05) is 5.75 Å². The number of carbonyl (C=O) groups is 1. The average molecular weight is 208 g/mol. The first-order valence-electron chi connectivity index (χ1n) is 4.24. The van der Waals surface area contributed by atoms with Crippen molar-refractivity contribution < 1.29 is 9.00 Å². The van der Waals surface area contributed by atoms with E-state index in [-0.39, 0.29) is 11.5 Å². The number of allylic oxidation sites excluding steroid dienone is 1. The lowest BCUT2D eigenvalue weighted by Gasteiger charge is -1.99. The Morgan fingerprint density at radius 2 is 2.00 bits per heavy atom. The van der Waals surface area contributed by atoms with E-state index in [9.17, 15) is 9.00 Å². The molecule has 1 rings (SSSR count). The maximum atomic E-state index is 11.6. The highest BCUT2D eigenvalue weighted by atomic mass is 32.2. The third-order valence-corrected chi connectivity index (χ3v) is 3.13. The number of benzene rings is 1. The predicted molar refractivity (Wildman–Crippen MR) is 57.7 cm³/mol. The Labute approximate surface area is 86.1 Å². The van der Waals surface area contributed by atoms with Crippen LogP contribution in [0.2, 0.25) is 0 Å². The molecule has 3 heteroatoms. The SMILES string of the molecule is C=CC(=O)C[S@@](=O)c1ccc(C)cc1. The van der Waals surface area contributed by atoms with Crippen LogP contribution in [0.4, 0.5) is 0 Å². The molecule has 0 amide bonds. The lowest BCUT2D eigenvalue weighted by atomic mass is 10.2. The zero-order chi connectivity index (χ0) is 10.6. The Bertz CT molecular complexity index is 365. The molecule has 74 valence electrons. The van der Waals surface area contributed by atoms with Crippen LogP contribution >= 0.6 is 0 Å². The normalized spacial score (nSPS) is 12.1. The quantitative estimate of drug-likeness (QED) is 0.708. The van der Waals surface area contributed by atoms with Crippen LogP contribution in [0.3, 0.4) is 0 Å². The summed E-state index contributed by atoms with van der Waals surface area (Å²) >= 11 is 0. The van der Waals surface area contributed by atoms with Crippen LogP contribution in [-0.4, -0.2) is 15.7 Å². The second-order valence-electron chi connectivity index (χ2n) is 2.97. The van der Waals surface area contributed by atoms with Crippen LogP contribution in [0.1, 0.15) is 5.56 Å². The number of hydrogen-bond donors (Lipinski definition) is 0. The van der Waals surface area contributed by atoms with Gasteiger partial charge in [0.25, 0.3) is 0 Å². The highest BCUT2D eigenvalue weighted by molar-refractivity contribution is 7.85. The van der Waals surface area contributed by atoms with Gasteiger partial charge in [-0.25, -0.2) is 0 Å². The minimum absolute atomic E-state index is 0.0204. The maximum absolute atomic E-state index is 11.6. The van der Waals surface area contributed by atoms with Gasteiger partial charge in [-0.15, -0.1) is 0 Å². The lowest BCUT2D eigenvalue weighted by molar-refractivity contribution is -0.112. The average Bonchev–Trinajstić information content (AvgIpc) is 2.18. The largest absolute Gasteiger partial charge is 0.294 e. The molecule has 0 radical (unpaired) electrons. The molecule has 14 heavy (non-hydrogen) atoms. The maximum Gasteiger partial charge on any atom is 0.167 e. The standard InChI is InChI=1S/C11H12O2S/c1-3-10(12)8-14(13)11-6-4-9(2)5-7-11/h3-7H,1,8H2,2H3/t14-/m1/s1. The van der Waals surface area contributed by atoms with Gasteiger partial charge in [0.05, 0.1) is 16.6 Å². The van der Waals surface area contributed by atoms with Gasteiger partial charge in [0.2, 0.25) is 0 Å². The van der Waals surface area contributed by atoms with E-state index in [1.165, 1.54) is 6.08 Å². The molecule has 0 saturated carbocycles. The third-order valence-electron chi connectivity index (χ3n) is 1.78. The molecule has 0 unspecified atom stereocenters. The second kappa shape index (κ2) is 4.86. The molecule has 1 atom stereocenters. The van der Waals surface area contributed by atoms with Gasteiger partial charge in [-0.1, -0.05) is 24.3 Å². The van der Waals surface area contributed by atoms with Gasteiger partial charge in [-0.3, -0.25) is 9.00 Å². The smallest absolute Gasteiger partial charge is 0.167 e. The van der Waals surface area contributed by atoms with E-state index in [0.29, 0.717) is 4.90 Å². The number of carbonyl (C=O) groups excluding carboxylic acids is 1. The van der Waals surface area contributed by atoms with Crippen LogP contribution in [0, 0.1) is 6.92 Å². The van der Waals surface area contributed by atoms with Crippen molar-refractivity contribution in [2.24, 2.45) is 0 Å². The Balaban J connectivity index is 2.75. The first kappa shape index (κ1) is 10.9. The molecule has 2 nitrogen and oxygen atoms in total. The van der Waals surface area contributed by atoms with Crippen LogP contribution in [0.25, 0.3) is 0 Å². The zero-order valence-corrected chi connectivity index (χ0v) is 8.84. The van der Waals surface area contributed by atoms with Crippen molar-refractivity contribution >= 4 is 16.6 Å². The molecule has 0 heterocycles. The fourth-order valence-corrected chi connectivity index (χ4v) is 1.94. The first-order chi connectivity index (χ1) is 6.63. The fraction of sp³-hybridized carbons (Fsp3) is 0.182. The zero-order valence-electron chi connectivity index (χ0n) is 8.03. The predicted octanol–water partition coefficient (Wildman–Crippen LogP) is 1.86. The first-order valence-corrected chi connectivity index (χ1v) is 5.55. The summed E-state index contributed by atoms with van der Waals surface area (Å²) in [7, 11) is -1.24. The minimum Gasteiger partial charge on any atom is -0.294 e. The summed E-state index contributed by atoms with van der Waals surface area (Å²) in [5, 5.41) is 0. The van der Waals surface area contributed by atoms with Crippen LogP contribution in [-0.2, 0) is 15.6 Å². The molecule has 0 bridgehead atoms. The van der Waals surface area contributed by atoms with Crippen LogP contribution in [0.5, 0.6) is 0 Å². The molecule has 0 aromatic heterocycles. The molecule has 0 aliphatic heterocycles. The van der Waals surface area contributed by atoms with Gasteiger partial charge in [0.15, 0.2) is 5.78 Å². The minimum atomic E-state index is -1.24. The van der Waals surface area contributed by atoms with Gasteiger partial charge in [-0.2, -0.15) is 0 Å². The van der Waals surface area contributed by atoms with Gasteiger partial charge in [0, 0.05) is 4.90 Å². The summed E-state index contributed by atoms with van der Waals surface area (Å²) < 4.78 is 11.6. The second-order valence-corrected chi connectivity index (χ2v) is 4.42. The van der Waals surface area contributed by atoms with Crippen molar-refractivity contribution in [1.82, 2.24) is 0 Å². The summed E-state index contributed by atoms with van der Waals surface area (Å²) in [6.45, 7) is 5.30. The molecular weight excluding hydrogens is 196 g/mol. The lowest BCUT2D eigenvalue weighted by Crippen LogP contribution is -2.07. The summed E-state index contributed by atoms with van der Waals surface area (Å²) in [5.41, 5.74) is 1.11. The van der Waals surface area contributed by atoms with Gasteiger partial charge in [0.1, 0.15) is 0 Å². The Hall–Kier alpha value is -1.22. The van der Waals surface area contributed by atoms with E-state index in [4.69, 9.17) is 0 Å². The van der Waals surface area contributed by atoms with Gasteiger partial charge in [-0.05, 0) is 25.1 Å². The number of hydrogen-bond acceptors (Lipinski definition) is 2. The van der Waals surface area contributed by atoms with Crippen molar-refractivity contribution in [1.29, 1.82) is 0 Å². The van der Waals surface area contributed by atoms with Crippen molar-refractivity contribution in [3.63, 3.8) is 0 Å². The summed E-state index contributed by atoms with van der Waals surface area (Å²) in [6, 6.07) is 7.32. The molecule has 0 N–H and O–H groups in total. The van der Waals surface area contributed by atoms with E-state index in [1.807, 2.05) is 19.1 Å². The highest BCUT2D eigenvalue weighted by Gasteiger charge is 2.06. The van der Waals surface area contributed by atoms with Crippen LogP contribution < -0.4 is 0 Å². The van der Waals surface area contributed by atoms with E-state index < -0.39 is 10.8 Å². The third kappa shape index (κ3) is 2.92. The summed E-state index contributed by atoms with van der Waals surface area (Å²) in [6.07, 6.45) is 1.20. The molecule has 1 aromatic rings. The molecule has 1 aromatic carbocycles. The monoisotopic (exact) mass is 208 g/mol. The summed E-state index contributed by atoms with van der Waals surface area (Å²) in [5.74, 6) is -0.170. The van der Waals surface area contributed by atoms with Gasteiger partial charge < -0.3 is 0 Å². The van der Waals surface area contributed by atoms with E-state index in [2.05, 4.69) is 6.58 Å². The molecule has 0 saturated heterocycles. The Morgan fingerprint density at radius 1 is 1.43 bits per heavy atom. The molecule has 0 spiro atoms.